The number of carbonyl (C=O) groups is 2. The zero-order valence-corrected chi connectivity index (χ0v) is 15.1. The Hall–Kier alpha value is -1.88. The molecule has 3 rings (SSSR count). The highest BCUT2D eigenvalue weighted by atomic mass is 35.5. The minimum Gasteiger partial charge on any atom is -0.337 e. The summed E-state index contributed by atoms with van der Waals surface area (Å²) in [5.74, 6) is -0.428. The van der Waals surface area contributed by atoms with Crippen LogP contribution in [0.1, 0.15) is 39.1 Å². The van der Waals surface area contributed by atoms with Crippen LogP contribution in [0.4, 0.5) is 0 Å². The van der Waals surface area contributed by atoms with Crippen molar-refractivity contribution in [3.63, 3.8) is 0 Å². The molecule has 130 valence electrons. The maximum Gasteiger partial charge on any atom is 0.254 e. The minimum absolute atomic E-state index is 0.0179. The van der Waals surface area contributed by atoms with Crippen LogP contribution in [-0.2, 0) is 0 Å². The summed E-state index contributed by atoms with van der Waals surface area (Å²) in [5.41, 5.74) is 7.10. The van der Waals surface area contributed by atoms with Gasteiger partial charge in [0.1, 0.15) is 0 Å². The van der Waals surface area contributed by atoms with Gasteiger partial charge in [0.15, 0.2) is 5.78 Å². The summed E-state index contributed by atoms with van der Waals surface area (Å²) >= 11 is 11.9. The maximum absolute atomic E-state index is 12.9. The van der Waals surface area contributed by atoms with Gasteiger partial charge < -0.3 is 10.6 Å². The molecule has 2 aromatic carbocycles. The first kappa shape index (κ1) is 17.9. The predicted molar refractivity (Wildman–Crippen MR) is 99.4 cm³/mol. The molecule has 0 aliphatic carbocycles. The van der Waals surface area contributed by atoms with Gasteiger partial charge in [0, 0.05) is 30.3 Å². The average molecular weight is 377 g/mol. The van der Waals surface area contributed by atoms with E-state index in [1.54, 1.807) is 41.3 Å². The van der Waals surface area contributed by atoms with E-state index in [9.17, 15) is 9.59 Å². The Morgan fingerprint density at radius 3 is 2.44 bits per heavy atom. The number of halogens is 2. The number of hydrogen-bond acceptors (Lipinski definition) is 3. The second kappa shape index (κ2) is 7.56. The predicted octanol–water partition coefficient (Wildman–Crippen LogP) is 3.79. The number of nitrogens with zero attached hydrogens (tertiary/aromatic N) is 1. The lowest BCUT2D eigenvalue weighted by atomic mass is 9.96. The Kier molecular flexibility index (Phi) is 5.42. The van der Waals surface area contributed by atoms with Crippen LogP contribution in [0.25, 0.3) is 0 Å². The molecule has 1 aliphatic heterocycles. The number of piperidine rings is 1. The van der Waals surface area contributed by atoms with Gasteiger partial charge in [0.05, 0.1) is 15.6 Å². The van der Waals surface area contributed by atoms with Crippen molar-refractivity contribution in [1.29, 1.82) is 0 Å². The number of likely N-dealkylation sites (tertiary alicyclic amines) is 1. The first-order valence-corrected chi connectivity index (χ1v) is 8.86. The molecule has 1 atom stereocenters. The van der Waals surface area contributed by atoms with Crippen molar-refractivity contribution in [1.82, 2.24) is 4.90 Å². The third-order valence-corrected chi connectivity index (χ3v) is 5.07. The summed E-state index contributed by atoms with van der Waals surface area (Å²) < 4.78 is 0. The first-order chi connectivity index (χ1) is 12.0. The molecule has 0 radical (unpaired) electrons. The van der Waals surface area contributed by atoms with Crippen molar-refractivity contribution in [3.8, 4) is 0 Å². The summed E-state index contributed by atoms with van der Waals surface area (Å²) in [6, 6.07) is 11.5. The number of ketones is 1. The molecule has 1 fully saturated rings. The van der Waals surface area contributed by atoms with E-state index >= 15 is 0 Å². The molecule has 0 spiro atoms. The van der Waals surface area contributed by atoms with Gasteiger partial charge >= 0.3 is 0 Å². The van der Waals surface area contributed by atoms with Crippen molar-refractivity contribution in [2.24, 2.45) is 5.73 Å². The van der Waals surface area contributed by atoms with Crippen molar-refractivity contribution < 1.29 is 9.59 Å². The number of rotatable bonds is 3. The third-order valence-electron chi connectivity index (χ3n) is 4.33. The minimum atomic E-state index is -0.260. The summed E-state index contributed by atoms with van der Waals surface area (Å²) in [5, 5.41) is 0.684. The van der Waals surface area contributed by atoms with E-state index in [-0.39, 0.29) is 17.7 Å². The molecule has 1 unspecified atom stereocenters. The molecule has 0 bridgehead atoms. The van der Waals surface area contributed by atoms with Gasteiger partial charge in [-0.3, -0.25) is 9.59 Å². The first-order valence-electron chi connectivity index (χ1n) is 8.11. The molecule has 2 N–H and O–H groups in total. The van der Waals surface area contributed by atoms with Gasteiger partial charge in [-0.05, 0) is 37.1 Å². The van der Waals surface area contributed by atoms with Crippen LogP contribution in [0.15, 0.2) is 42.5 Å². The number of hydrogen-bond donors (Lipinski definition) is 1. The molecule has 1 heterocycles. The average Bonchev–Trinajstić information content (AvgIpc) is 2.63. The number of amides is 1. The number of carbonyl (C=O) groups excluding carboxylic acids is 2. The monoisotopic (exact) mass is 376 g/mol. The molecule has 0 saturated carbocycles. The Balaban J connectivity index is 1.93. The van der Waals surface area contributed by atoms with E-state index in [1.165, 1.54) is 6.07 Å². The lowest BCUT2D eigenvalue weighted by molar-refractivity contribution is 0.0705. The molecular weight excluding hydrogens is 359 g/mol. The van der Waals surface area contributed by atoms with E-state index in [4.69, 9.17) is 28.9 Å². The zero-order chi connectivity index (χ0) is 18.0. The van der Waals surface area contributed by atoms with Crippen molar-refractivity contribution in [2.45, 2.75) is 18.9 Å². The second-order valence-electron chi connectivity index (χ2n) is 6.16. The van der Waals surface area contributed by atoms with E-state index in [0.29, 0.717) is 39.8 Å². The molecule has 25 heavy (non-hydrogen) atoms. The molecule has 1 saturated heterocycles. The second-order valence-corrected chi connectivity index (χ2v) is 6.97. The van der Waals surface area contributed by atoms with E-state index in [1.807, 2.05) is 0 Å². The molecule has 0 aromatic heterocycles. The Bertz CT molecular complexity index is 823. The summed E-state index contributed by atoms with van der Waals surface area (Å²) in [7, 11) is 0. The van der Waals surface area contributed by atoms with Gasteiger partial charge in [0.2, 0.25) is 0 Å². The van der Waals surface area contributed by atoms with Crippen LogP contribution in [0.5, 0.6) is 0 Å². The molecule has 6 heteroatoms. The molecular formula is C19H18Cl2N2O2. The van der Waals surface area contributed by atoms with Gasteiger partial charge in [-0.15, -0.1) is 0 Å². The van der Waals surface area contributed by atoms with Gasteiger partial charge in [0.25, 0.3) is 5.91 Å². The topological polar surface area (TPSA) is 63.4 Å². The summed E-state index contributed by atoms with van der Waals surface area (Å²) in [6.07, 6.45) is 1.78. The fraction of sp³-hybridized carbons (Fsp3) is 0.263. The highest BCUT2D eigenvalue weighted by Crippen LogP contribution is 2.25. The van der Waals surface area contributed by atoms with Crippen LogP contribution in [-0.4, -0.2) is 35.7 Å². The fourth-order valence-electron chi connectivity index (χ4n) is 3.03. The van der Waals surface area contributed by atoms with Gasteiger partial charge in [-0.25, -0.2) is 0 Å². The van der Waals surface area contributed by atoms with Crippen LogP contribution in [0.3, 0.4) is 0 Å². The van der Waals surface area contributed by atoms with Crippen LogP contribution < -0.4 is 5.73 Å². The van der Waals surface area contributed by atoms with Crippen LogP contribution >= 0.6 is 23.2 Å². The number of nitrogens with two attached hydrogens (primary N) is 1. The Labute approximate surface area is 156 Å². The normalized spacial score (nSPS) is 17.4. The van der Waals surface area contributed by atoms with Gasteiger partial charge in [-0.1, -0.05) is 41.4 Å². The Morgan fingerprint density at radius 2 is 1.76 bits per heavy atom. The highest BCUT2D eigenvalue weighted by molar-refractivity contribution is 6.42. The van der Waals surface area contributed by atoms with Gasteiger partial charge in [-0.2, -0.15) is 0 Å². The third kappa shape index (κ3) is 3.87. The lowest BCUT2D eigenvalue weighted by Crippen LogP contribution is -2.46. The van der Waals surface area contributed by atoms with Crippen LogP contribution in [0.2, 0.25) is 10.0 Å². The largest absolute Gasteiger partial charge is 0.337 e. The van der Waals surface area contributed by atoms with Crippen molar-refractivity contribution in [3.05, 3.63) is 69.2 Å². The Morgan fingerprint density at radius 1 is 1.04 bits per heavy atom. The highest BCUT2D eigenvalue weighted by Gasteiger charge is 2.26. The quantitative estimate of drug-likeness (QED) is 0.828. The van der Waals surface area contributed by atoms with Crippen molar-refractivity contribution >= 4 is 34.9 Å². The number of benzene rings is 2. The van der Waals surface area contributed by atoms with E-state index in [2.05, 4.69) is 0 Å². The van der Waals surface area contributed by atoms with Crippen LogP contribution in [0, 0.1) is 0 Å². The molecule has 2 aromatic rings. The lowest BCUT2D eigenvalue weighted by Gasteiger charge is -2.31. The zero-order valence-electron chi connectivity index (χ0n) is 13.5. The SMILES string of the molecule is NC1CCCN(C(=O)c2ccccc2C(=O)c2ccc(Cl)c(Cl)c2)C1. The molecule has 1 amide bonds. The maximum atomic E-state index is 12.9. The molecule has 4 nitrogen and oxygen atoms in total. The summed E-state index contributed by atoms with van der Waals surface area (Å²) in [4.78, 5) is 27.5. The van der Waals surface area contributed by atoms with Crippen molar-refractivity contribution in [2.75, 3.05) is 13.1 Å². The molecule has 1 aliphatic rings. The van der Waals surface area contributed by atoms with E-state index < -0.39 is 0 Å². The van der Waals surface area contributed by atoms with E-state index in [0.717, 1.165) is 12.8 Å². The summed E-state index contributed by atoms with van der Waals surface area (Å²) in [6.45, 7) is 1.16. The fourth-order valence-corrected chi connectivity index (χ4v) is 3.32. The smallest absolute Gasteiger partial charge is 0.254 e. The standard InChI is InChI=1S/C19H18Cl2N2O2/c20-16-8-7-12(10-17(16)21)18(24)14-5-1-2-6-15(14)19(25)23-9-3-4-13(22)11-23/h1-2,5-8,10,13H,3-4,9,11,22H2.